The topological polar surface area (TPSA) is 83.9 Å². The Balaban J connectivity index is 2.66. The van der Waals surface area contributed by atoms with Crippen LogP contribution >= 0.6 is 11.6 Å². The number of carbonyl (C=O) groups is 1. The Hall–Kier alpha value is -2.25. The van der Waals surface area contributed by atoms with Crippen LogP contribution in [0.5, 0.6) is 5.75 Å². The van der Waals surface area contributed by atoms with Crippen molar-refractivity contribution in [2.45, 2.75) is 18.7 Å². The Morgan fingerprint density at radius 2 is 1.88 bits per heavy atom. The molecule has 6 nitrogen and oxygen atoms in total. The molecule has 0 saturated carbocycles. The largest absolute Gasteiger partial charge is 0.495 e. The Morgan fingerprint density at radius 3 is 2.44 bits per heavy atom. The fourth-order valence-corrected chi connectivity index (χ4v) is 4.10. The summed E-state index contributed by atoms with van der Waals surface area (Å²) in [5, 5.41) is 9.54. The highest BCUT2D eigenvalue weighted by Crippen LogP contribution is 2.32. The molecule has 0 aliphatic carbocycles. The molecule has 0 aromatic heterocycles. The van der Waals surface area contributed by atoms with E-state index < -0.39 is 22.5 Å². The highest BCUT2D eigenvalue weighted by molar-refractivity contribution is 7.93. The van der Waals surface area contributed by atoms with E-state index in [0.717, 1.165) is 9.87 Å². The Bertz CT molecular complexity index is 911. The van der Waals surface area contributed by atoms with Gasteiger partial charge < -0.3 is 9.84 Å². The number of halogens is 1. The van der Waals surface area contributed by atoms with E-state index in [4.69, 9.17) is 16.3 Å². The van der Waals surface area contributed by atoms with Crippen LogP contribution in [-0.2, 0) is 14.8 Å². The third-order valence-electron chi connectivity index (χ3n) is 3.61. The quantitative estimate of drug-likeness (QED) is 0.827. The maximum atomic E-state index is 13.1. The minimum Gasteiger partial charge on any atom is -0.495 e. The van der Waals surface area contributed by atoms with Gasteiger partial charge in [-0.2, -0.15) is 0 Å². The second-order valence-electron chi connectivity index (χ2n) is 5.49. The SMILES string of the molecule is COc1ccc(C)cc1S(=O)(=O)N(CC(=O)O)c1ccc(C)c(Cl)c1. The minimum absolute atomic E-state index is 0.104. The first-order valence-electron chi connectivity index (χ1n) is 7.32. The van der Waals surface area contributed by atoms with Crippen molar-refractivity contribution in [3.8, 4) is 5.75 Å². The number of hydrogen-bond acceptors (Lipinski definition) is 4. The van der Waals surface area contributed by atoms with E-state index in [-0.39, 0.29) is 16.3 Å². The van der Waals surface area contributed by atoms with Gasteiger partial charge in [-0.05, 0) is 49.2 Å². The molecule has 1 N–H and O–H groups in total. The standard InChI is InChI=1S/C17H18ClNO5S/c1-11-4-7-15(24-3)16(8-11)25(22,23)19(10-17(20)21)13-6-5-12(2)14(18)9-13/h4-9H,10H2,1-3H3,(H,20,21). The Kier molecular flexibility index (Phi) is 5.59. The molecule has 8 heteroatoms. The summed E-state index contributed by atoms with van der Waals surface area (Å²) in [5.41, 5.74) is 1.63. The van der Waals surface area contributed by atoms with Gasteiger partial charge in [0.2, 0.25) is 0 Å². The summed E-state index contributed by atoms with van der Waals surface area (Å²) in [7, 11) is -2.82. The van der Waals surface area contributed by atoms with Crippen molar-refractivity contribution in [2.24, 2.45) is 0 Å². The number of nitrogens with zero attached hydrogens (tertiary/aromatic N) is 1. The molecule has 0 amide bonds. The average molecular weight is 384 g/mol. The number of sulfonamides is 1. The number of carboxylic acid groups (broad SMARTS) is 1. The van der Waals surface area contributed by atoms with E-state index in [1.54, 1.807) is 26.0 Å². The minimum atomic E-state index is -4.18. The number of carboxylic acids is 1. The molecular formula is C17H18ClNO5S. The van der Waals surface area contributed by atoms with Gasteiger partial charge >= 0.3 is 5.97 Å². The van der Waals surface area contributed by atoms with Crippen LogP contribution in [0.4, 0.5) is 5.69 Å². The lowest BCUT2D eigenvalue weighted by Gasteiger charge is -2.24. The highest BCUT2D eigenvalue weighted by atomic mass is 35.5. The molecule has 0 aliphatic rings. The second-order valence-corrected chi connectivity index (χ2v) is 7.73. The van der Waals surface area contributed by atoms with Crippen LogP contribution in [0.1, 0.15) is 11.1 Å². The fraction of sp³-hybridized carbons (Fsp3) is 0.235. The maximum Gasteiger partial charge on any atom is 0.324 e. The van der Waals surface area contributed by atoms with Gasteiger partial charge in [0.15, 0.2) is 0 Å². The predicted octanol–water partition coefficient (Wildman–Crippen LogP) is 3.25. The maximum absolute atomic E-state index is 13.1. The van der Waals surface area contributed by atoms with Crippen LogP contribution in [-0.4, -0.2) is 33.1 Å². The molecule has 0 unspecified atom stereocenters. The summed E-state index contributed by atoms with van der Waals surface area (Å²) < 4.78 is 32.2. The molecule has 0 radical (unpaired) electrons. The molecule has 134 valence electrons. The number of rotatable bonds is 6. The fourth-order valence-electron chi connectivity index (χ4n) is 2.28. The van der Waals surface area contributed by atoms with Gasteiger partial charge in [0.1, 0.15) is 17.2 Å². The van der Waals surface area contributed by atoms with Gasteiger partial charge in [-0.15, -0.1) is 0 Å². The molecule has 0 spiro atoms. The first-order chi connectivity index (χ1) is 11.7. The van der Waals surface area contributed by atoms with Gasteiger partial charge in [0.25, 0.3) is 10.0 Å². The lowest BCUT2D eigenvalue weighted by Crippen LogP contribution is -2.36. The van der Waals surface area contributed by atoms with E-state index >= 15 is 0 Å². The molecule has 2 aromatic carbocycles. The summed E-state index contributed by atoms with van der Waals surface area (Å²) in [4.78, 5) is 11.2. The third-order valence-corrected chi connectivity index (χ3v) is 5.81. The molecule has 0 atom stereocenters. The molecule has 0 heterocycles. The molecule has 0 bridgehead atoms. The van der Waals surface area contributed by atoms with Crippen molar-refractivity contribution in [3.05, 3.63) is 52.5 Å². The molecular weight excluding hydrogens is 366 g/mol. The summed E-state index contributed by atoms with van der Waals surface area (Å²) in [5.74, 6) is -1.15. The first kappa shape index (κ1) is 19.1. The van der Waals surface area contributed by atoms with Gasteiger partial charge in [-0.25, -0.2) is 8.42 Å². The third kappa shape index (κ3) is 4.05. The van der Waals surface area contributed by atoms with Crippen molar-refractivity contribution in [2.75, 3.05) is 18.0 Å². The number of ether oxygens (including phenoxy) is 1. The summed E-state index contributed by atoms with van der Waals surface area (Å²) in [6.07, 6.45) is 0. The molecule has 0 aliphatic heterocycles. The van der Waals surface area contributed by atoms with Crippen LogP contribution < -0.4 is 9.04 Å². The van der Waals surface area contributed by atoms with Crippen LogP contribution in [0, 0.1) is 13.8 Å². The van der Waals surface area contributed by atoms with Gasteiger partial charge in [0, 0.05) is 5.02 Å². The number of anilines is 1. The van der Waals surface area contributed by atoms with Crippen LogP contribution in [0.3, 0.4) is 0 Å². The van der Waals surface area contributed by atoms with E-state index in [1.165, 1.54) is 31.4 Å². The molecule has 0 saturated heterocycles. The summed E-state index contributed by atoms with van der Waals surface area (Å²) in [6, 6.07) is 9.27. The second kappa shape index (κ2) is 7.33. The van der Waals surface area contributed by atoms with Gasteiger partial charge in [0.05, 0.1) is 12.8 Å². The van der Waals surface area contributed by atoms with E-state index in [1.807, 2.05) is 0 Å². The predicted molar refractivity (Wildman–Crippen MR) is 96.1 cm³/mol. The zero-order valence-electron chi connectivity index (χ0n) is 14.0. The Labute approximate surface area is 151 Å². The van der Waals surface area contributed by atoms with E-state index in [9.17, 15) is 18.3 Å². The number of hydrogen-bond donors (Lipinski definition) is 1. The zero-order valence-corrected chi connectivity index (χ0v) is 15.6. The highest BCUT2D eigenvalue weighted by Gasteiger charge is 2.30. The number of benzene rings is 2. The van der Waals surface area contributed by atoms with Crippen LogP contribution in [0.25, 0.3) is 0 Å². The summed E-state index contributed by atoms with van der Waals surface area (Å²) >= 11 is 6.08. The summed E-state index contributed by atoms with van der Waals surface area (Å²) in [6.45, 7) is 2.77. The van der Waals surface area contributed by atoms with Gasteiger partial charge in [-0.1, -0.05) is 23.7 Å². The monoisotopic (exact) mass is 383 g/mol. The zero-order chi connectivity index (χ0) is 18.8. The van der Waals surface area contributed by atoms with Crippen molar-refractivity contribution >= 4 is 33.3 Å². The molecule has 25 heavy (non-hydrogen) atoms. The van der Waals surface area contributed by atoms with Gasteiger partial charge in [-0.3, -0.25) is 9.10 Å². The van der Waals surface area contributed by atoms with E-state index in [2.05, 4.69) is 0 Å². The average Bonchev–Trinajstić information content (AvgIpc) is 2.55. The van der Waals surface area contributed by atoms with E-state index in [0.29, 0.717) is 10.6 Å². The van der Waals surface area contributed by atoms with Crippen LogP contribution in [0.15, 0.2) is 41.3 Å². The molecule has 2 aromatic rings. The molecule has 2 rings (SSSR count). The number of methoxy groups -OCH3 is 1. The van der Waals surface area contributed by atoms with Crippen molar-refractivity contribution in [1.82, 2.24) is 0 Å². The molecule has 0 fully saturated rings. The lowest BCUT2D eigenvalue weighted by molar-refractivity contribution is -0.135. The first-order valence-corrected chi connectivity index (χ1v) is 9.14. The number of aryl methyl sites for hydroxylation is 2. The van der Waals surface area contributed by atoms with Crippen LogP contribution in [0.2, 0.25) is 5.02 Å². The van der Waals surface area contributed by atoms with Crippen molar-refractivity contribution < 1.29 is 23.1 Å². The number of aliphatic carboxylic acids is 1. The van der Waals surface area contributed by atoms with Crippen molar-refractivity contribution in [3.63, 3.8) is 0 Å². The Morgan fingerprint density at radius 1 is 1.20 bits per heavy atom. The smallest absolute Gasteiger partial charge is 0.324 e. The normalized spacial score (nSPS) is 11.2. The van der Waals surface area contributed by atoms with Crippen molar-refractivity contribution in [1.29, 1.82) is 0 Å². The lowest BCUT2D eigenvalue weighted by atomic mass is 10.2.